The van der Waals surface area contributed by atoms with Crippen molar-refractivity contribution in [2.45, 2.75) is 44.2 Å². The van der Waals surface area contributed by atoms with E-state index in [1.165, 1.54) is 32.1 Å². The number of non-ortho nitro benzene ring substituents is 1. The van der Waals surface area contributed by atoms with E-state index in [1.807, 2.05) is 6.07 Å². The van der Waals surface area contributed by atoms with Crippen molar-refractivity contribution >= 4 is 5.69 Å². The van der Waals surface area contributed by atoms with Crippen LogP contribution in [-0.2, 0) is 6.54 Å². The fourth-order valence-corrected chi connectivity index (χ4v) is 3.82. The lowest BCUT2D eigenvalue weighted by atomic mass is 9.79. The van der Waals surface area contributed by atoms with Gasteiger partial charge in [-0.25, -0.2) is 0 Å². The van der Waals surface area contributed by atoms with Gasteiger partial charge in [-0.05, 0) is 18.4 Å². The summed E-state index contributed by atoms with van der Waals surface area (Å²) in [6.07, 6.45) is 6.43. The molecule has 0 unspecified atom stereocenters. The summed E-state index contributed by atoms with van der Waals surface area (Å²) in [5, 5.41) is 14.5. The summed E-state index contributed by atoms with van der Waals surface area (Å²) in [4.78, 5) is 13.2. The van der Waals surface area contributed by atoms with Crippen LogP contribution in [0, 0.1) is 10.1 Å². The average Bonchev–Trinajstić information content (AvgIpc) is 2.51. The van der Waals surface area contributed by atoms with E-state index in [4.69, 9.17) is 0 Å². The number of piperazine rings is 1. The zero-order valence-corrected chi connectivity index (χ0v) is 12.4. The van der Waals surface area contributed by atoms with Gasteiger partial charge in [-0.1, -0.05) is 31.4 Å². The number of hydrogen-bond acceptors (Lipinski definition) is 4. The highest BCUT2D eigenvalue weighted by atomic mass is 16.6. The SMILES string of the molecule is O=[N+]([O-])c1cccc(CN2CCNCC23CCCCC3)c1. The standard InChI is InChI=1S/C16H23N3O2/c20-19(21)15-6-4-5-14(11-15)12-18-10-9-17-13-16(18)7-2-1-3-8-16/h4-6,11,17H,1-3,7-10,12-13H2. The van der Waals surface area contributed by atoms with Gasteiger partial charge >= 0.3 is 0 Å². The number of nitrogens with zero attached hydrogens (tertiary/aromatic N) is 2. The van der Waals surface area contributed by atoms with Gasteiger partial charge in [-0.15, -0.1) is 0 Å². The molecule has 1 aliphatic carbocycles. The lowest BCUT2D eigenvalue weighted by Crippen LogP contribution is -2.61. The lowest BCUT2D eigenvalue weighted by Gasteiger charge is -2.50. The third-order valence-corrected chi connectivity index (χ3v) is 4.96. The molecule has 0 bridgehead atoms. The molecule has 3 rings (SSSR count). The van der Waals surface area contributed by atoms with Crippen molar-refractivity contribution in [1.82, 2.24) is 10.2 Å². The molecule has 0 aromatic heterocycles. The predicted molar refractivity (Wildman–Crippen MR) is 82.2 cm³/mol. The molecular formula is C16H23N3O2. The van der Waals surface area contributed by atoms with Crippen molar-refractivity contribution in [1.29, 1.82) is 0 Å². The Hall–Kier alpha value is -1.46. The molecule has 1 spiro atoms. The molecule has 1 heterocycles. The van der Waals surface area contributed by atoms with E-state index < -0.39 is 0 Å². The monoisotopic (exact) mass is 289 g/mol. The number of nitrogens with one attached hydrogen (secondary N) is 1. The van der Waals surface area contributed by atoms with Crippen molar-refractivity contribution in [3.8, 4) is 0 Å². The summed E-state index contributed by atoms with van der Waals surface area (Å²) < 4.78 is 0. The van der Waals surface area contributed by atoms with Gasteiger partial charge in [0, 0.05) is 43.9 Å². The minimum Gasteiger partial charge on any atom is -0.314 e. The van der Waals surface area contributed by atoms with Crippen LogP contribution in [-0.4, -0.2) is 35.0 Å². The molecule has 1 aliphatic heterocycles. The van der Waals surface area contributed by atoms with E-state index in [0.29, 0.717) is 0 Å². The van der Waals surface area contributed by atoms with Crippen LogP contribution in [0.2, 0.25) is 0 Å². The Kier molecular flexibility index (Phi) is 4.22. The van der Waals surface area contributed by atoms with Gasteiger partial charge in [-0.2, -0.15) is 0 Å². The van der Waals surface area contributed by atoms with E-state index >= 15 is 0 Å². The van der Waals surface area contributed by atoms with Crippen molar-refractivity contribution in [3.63, 3.8) is 0 Å². The maximum atomic E-state index is 10.9. The molecule has 0 atom stereocenters. The molecule has 1 N–H and O–H groups in total. The topological polar surface area (TPSA) is 58.4 Å². The van der Waals surface area contributed by atoms with Gasteiger partial charge in [0.1, 0.15) is 0 Å². The van der Waals surface area contributed by atoms with Crippen LogP contribution in [0.3, 0.4) is 0 Å². The second-order valence-corrected chi connectivity index (χ2v) is 6.31. The van der Waals surface area contributed by atoms with Crippen LogP contribution >= 0.6 is 0 Å². The number of rotatable bonds is 3. The molecule has 1 aromatic carbocycles. The summed E-state index contributed by atoms with van der Waals surface area (Å²) in [5.74, 6) is 0. The van der Waals surface area contributed by atoms with E-state index in [2.05, 4.69) is 10.2 Å². The Morgan fingerprint density at radius 3 is 2.86 bits per heavy atom. The molecule has 1 saturated carbocycles. The first-order valence-corrected chi connectivity index (χ1v) is 7.89. The van der Waals surface area contributed by atoms with Crippen LogP contribution in [0.1, 0.15) is 37.7 Å². The van der Waals surface area contributed by atoms with Gasteiger partial charge in [0.25, 0.3) is 5.69 Å². The fourth-order valence-electron chi connectivity index (χ4n) is 3.82. The van der Waals surface area contributed by atoms with Crippen LogP contribution in [0.15, 0.2) is 24.3 Å². The molecule has 0 amide bonds. The molecular weight excluding hydrogens is 266 g/mol. The number of hydrogen-bond donors (Lipinski definition) is 1. The van der Waals surface area contributed by atoms with Crippen LogP contribution in [0.25, 0.3) is 0 Å². The first-order chi connectivity index (χ1) is 10.2. The first kappa shape index (κ1) is 14.5. The maximum Gasteiger partial charge on any atom is 0.269 e. The Morgan fingerprint density at radius 1 is 1.29 bits per heavy atom. The van der Waals surface area contributed by atoms with Crippen molar-refractivity contribution < 1.29 is 4.92 Å². The van der Waals surface area contributed by atoms with Crippen LogP contribution < -0.4 is 5.32 Å². The molecule has 1 saturated heterocycles. The average molecular weight is 289 g/mol. The molecule has 2 aliphatic rings. The minimum atomic E-state index is -0.308. The zero-order chi connectivity index (χ0) is 14.7. The van der Waals surface area contributed by atoms with Gasteiger partial charge < -0.3 is 5.32 Å². The Balaban J connectivity index is 1.78. The third kappa shape index (κ3) is 3.09. The molecule has 5 heteroatoms. The van der Waals surface area contributed by atoms with Crippen molar-refractivity contribution in [2.75, 3.05) is 19.6 Å². The largest absolute Gasteiger partial charge is 0.314 e. The predicted octanol–water partition coefficient (Wildman–Crippen LogP) is 2.70. The lowest BCUT2D eigenvalue weighted by molar-refractivity contribution is -0.384. The Bertz CT molecular complexity index is 504. The summed E-state index contributed by atoms with van der Waals surface area (Å²) in [7, 11) is 0. The molecule has 5 nitrogen and oxygen atoms in total. The van der Waals surface area contributed by atoms with Gasteiger partial charge in [0.15, 0.2) is 0 Å². The quantitative estimate of drug-likeness (QED) is 0.686. The number of nitro groups is 1. The molecule has 2 fully saturated rings. The van der Waals surface area contributed by atoms with E-state index in [0.717, 1.165) is 31.7 Å². The second kappa shape index (κ2) is 6.12. The number of nitro benzene ring substituents is 1. The van der Waals surface area contributed by atoms with Crippen molar-refractivity contribution in [3.05, 3.63) is 39.9 Å². The molecule has 1 aromatic rings. The normalized spacial score (nSPS) is 22.3. The minimum absolute atomic E-state index is 0.195. The summed E-state index contributed by atoms with van der Waals surface area (Å²) in [6.45, 7) is 3.92. The summed E-state index contributed by atoms with van der Waals surface area (Å²) in [6, 6.07) is 7.09. The molecule has 114 valence electrons. The van der Waals surface area contributed by atoms with E-state index in [-0.39, 0.29) is 16.1 Å². The zero-order valence-electron chi connectivity index (χ0n) is 12.4. The first-order valence-electron chi connectivity index (χ1n) is 7.89. The van der Waals surface area contributed by atoms with Gasteiger partial charge in [0.2, 0.25) is 0 Å². The smallest absolute Gasteiger partial charge is 0.269 e. The number of benzene rings is 1. The summed E-state index contributed by atoms with van der Waals surface area (Å²) in [5.41, 5.74) is 1.51. The Morgan fingerprint density at radius 2 is 2.10 bits per heavy atom. The van der Waals surface area contributed by atoms with E-state index in [1.54, 1.807) is 18.2 Å². The van der Waals surface area contributed by atoms with Gasteiger partial charge in [0.05, 0.1) is 4.92 Å². The highest BCUT2D eigenvalue weighted by Crippen LogP contribution is 2.35. The molecule has 0 radical (unpaired) electrons. The fraction of sp³-hybridized carbons (Fsp3) is 0.625. The van der Waals surface area contributed by atoms with E-state index in [9.17, 15) is 10.1 Å². The second-order valence-electron chi connectivity index (χ2n) is 6.31. The Labute approximate surface area is 125 Å². The third-order valence-electron chi connectivity index (χ3n) is 4.96. The maximum absolute atomic E-state index is 10.9. The van der Waals surface area contributed by atoms with Crippen LogP contribution in [0.4, 0.5) is 5.69 Å². The highest BCUT2D eigenvalue weighted by Gasteiger charge is 2.39. The molecule has 21 heavy (non-hydrogen) atoms. The summed E-state index contributed by atoms with van der Waals surface area (Å²) >= 11 is 0. The van der Waals surface area contributed by atoms with Crippen LogP contribution in [0.5, 0.6) is 0 Å². The highest BCUT2D eigenvalue weighted by molar-refractivity contribution is 5.34. The van der Waals surface area contributed by atoms with Crippen molar-refractivity contribution in [2.24, 2.45) is 0 Å². The van der Waals surface area contributed by atoms with Gasteiger partial charge in [-0.3, -0.25) is 15.0 Å².